The van der Waals surface area contributed by atoms with E-state index in [2.05, 4.69) is 43.2 Å². The molecule has 104 valence electrons. The van der Waals surface area contributed by atoms with Crippen LogP contribution in [0.15, 0.2) is 4.52 Å². The van der Waals surface area contributed by atoms with Crippen molar-refractivity contribution in [3.63, 3.8) is 0 Å². The molecule has 0 aromatic carbocycles. The van der Waals surface area contributed by atoms with Crippen LogP contribution in [-0.4, -0.2) is 29.3 Å². The van der Waals surface area contributed by atoms with Gasteiger partial charge in [-0.3, -0.25) is 0 Å². The molecule has 3 unspecified atom stereocenters. The van der Waals surface area contributed by atoms with Crippen molar-refractivity contribution in [2.45, 2.75) is 59.1 Å². The minimum absolute atomic E-state index is 0.0610. The lowest BCUT2D eigenvalue weighted by Gasteiger charge is -2.16. The van der Waals surface area contributed by atoms with E-state index in [0.717, 1.165) is 13.0 Å². The number of likely N-dealkylation sites (N-methyl/N-ethyl adjacent to an activating group) is 1. The van der Waals surface area contributed by atoms with E-state index in [4.69, 9.17) is 9.26 Å². The van der Waals surface area contributed by atoms with Crippen LogP contribution in [0.2, 0.25) is 0 Å². The summed E-state index contributed by atoms with van der Waals surface area (Å²) in [6, 6.07) is 0.315. The standard InChI is InChI=1S/C13H25N3O2/c1-6-11(17-8-3)12-15-13(18-16-12)9(4)10(5)14-7-2/h9-11,14H,6-8H2,1-5H3. The van der Waals surface area contributed by atoms with E-state index in [0.29, 0.717) is 24.4 Å². The van der Waals surface area contributed by atoms with Crippen molar-refractivity contribution in [3.05, 3.63) is 11.7 Å². The molecule has 1 rings (SSSR count). The topological polar surface area (TPSA) is 60.2 Å². The average molecular weight is 255 g/mol. The van der Waals surface area contributed by atoms with Gasteiger partial charge in [0, 0.05) is 12.6 Å². The van der Waals surface area contributed by atoms with Crippen molar-refractivity contribution < 1.29 is 9.26 Å². The van der Waals surface area contributed by atoms with E-state index in [9.17, 15) is 0 Å². The van der Waals surface area contributed by atoms with E-state index in [1.165, 1.54) is 0 Å². The molecule has 1 aromatic heterocycles. The van der Waals surface area contributed by atoms with Gasteiger partial charge in [-0.25, -0.2) is 0 Å². The number of hydrogen-bond donors (Lipinski definition) is 1. The summed E-state index contributed by atoms with van der Waals surface area (Å²) in [4.78, 5) is 4.46. The van der Waals surface area contributed by atoms with Gasteiger partial charge in [-0.2, -0.15) is 4.98 Å². The number of nitrogens with zero attached hydrogens (tertiary/aromatic N) is 2. The summed E-state index contributed by atoms with van der Waals surface area (Å²) < 4.78 is 10.9. The van der Waals surface area contributed by atoms with E-state index in [1.54, 1.807) is 0 Å². The predicted molar refractivity (Wildman–Crippen MR) is 70.5 cm³/mol. The summed E-state index contributed by atoms with van der Waals surface area (Å²) in [6.07, 6.45) is 0.790. The van der Waals surface area contributed by atoms with Crippen LogP contribution in [0.3, 0.4) is 0 Å². The minimum atomic E-state index is -0.0610. The van der Waals surface area contributed by atoms with Gasteiger partial charge in [-0.15, -0.1) is 0 Å². The van der Waals surface area contributed by atoms with E-state index < -0.39 is 0 Å². The zero-order chi connectivity index (χ0) is 13.5. The largest absolute Gasteiger partial charge is 0.370 e. The van der Waals surface area contributed by atoms with Crippen molar-refractivity contribution in [2.24, 2.45) is 0 Å². The second-order valence-electron chi connectivity index (χ2n) is 4.48. The molecule has 0 bridgehead atoms. The molecule has 0 spiro atoms. The lowest BCUT2D eigenvalue weighted by Crippen LogP contribution is -2.30. The second-order valence-corrected chi connectivity index (χ2v) is 4.48. The molecular weight excluding hydrogens is 230 g/mol. The van der Waals surface area contributed by atoms with Gasteiger partial charge in [0.25, 0.3) is 0 Å². The van der Waals surface area contributed by atoms with Crippen LogP contribution in [0.5, 0.6) is 0 Å². The molecule has 0 radical (unpaired) electrons. The Balaban J connectivity index is 2.72. The van der Waals surface area contributed by atoms with Gasteiger partial charge < -0.3 is 14.6 Å². The Morgan fingerprint density at radius 3 is 2.56 bits per heavy atom. The molecule has 0 amide bonds. The van der Waals surface area contributed by atoms with Gasteiger partial charge in [0.1, 0.15) is 6.10 Å². The fourth-order valence-corrected chi connectivity index (χ4v) is 1.85. The van der Waals surface area contributed by atoms with Crippen molar-refractivity contribution in [1.82, 2.24) is 15.5 Å². The quantitative estimate of drug-likeness (QED) is 0.774. The minimum Gasteiger partial charge on any atom is -0.370 e. The Morgan fingerprint density at radius 1 is 1.28 bits per heavy atom. The maximum absolute atomic E-state index is 5.58. The lowest BCUT2D eigenvalue weighted by molar-refractivity contribution is 0.0518. The van der Waals surface area contributed by atoms with Gasteiger partial charge in [0.05, 0.1) is 5.92 Å². The summed E-state index contributed by atoms with van der Waals surface area (Å²) >= 11 is 0. The molecule has 18 heavy (non-hydrogen) atoms. The van der Waals surface area contributed by atoms with Gasteiger partial charge >= 0.3 is 0 Å². The zero-order valence-electron chi connectivity index (χ0n) is 12.1. The third-order valence-corrected chi connectivity index (χ3v) is 3.15. The van der Waals surface area contributed by atoms with Crippen LogP contribution in [-0.2, 0) is 4.74 Å². The Bertz CT molecular complexity index is 341. The summed E-state index contributed by atoms with van der Waals surface area (Å²) in [5.41, 5.74) is 0. The Morgan fingerprint density at radius 2 is 2.00 bits per heavy atom. The molecule has 0 saturated carbocycles. The number of hydrogen-bond acceptors (Lipinski definition) is 5. The zero-order valence-corrected chi connectivity index (χ0v) is 12.1. The third-order valence-electron chi connectivity index (χ3n) is 3.15. The molecule has 5 heteroatoms. The van der Waals surface area contributed by atoms with Gasteiger partial charge in [-0.05, 0) is 26.8 Å². The average Bonchev–Trinajstić information content (AvgIpc) is 2.84. The highest BCUT2D eigenvalue weighted by molar-refractivity contribution is 4.98. The highest BCUT2D eigenvalue weighted by Crippen LogP contribution is 2.22. The normalized spacial score (nSPS) is 16.5. The van der Waals surface area contributed by atoms with Crippen LogP contribution in [0.1, 0.15) is 64.8 Å². The maximum atomic E-state index is 5.58. The Hall–Kier alpha value is -0.940. The van der Waals surface area contributed by atoms with E-state index in [-0.39, 0.29) is 12.0 Å². The first kappa shape index (κ1) is 15.1. The molecule has 5 nitrogen and oxygen atoms in total. The Labute approximate surface area is 109 Å². The molecule has 0 saturated heterocycles. The maximum Gasteiger partial charge on any atom is 0.231 e. The molecule has 0 fully saturated rings. The molecule has 3 atom stereocenters. The molecule has 0 aliphatic heterocycles. The predicted octanol–water partition coefficient (Wildman–Crippen LogP) is 2.66. The van der Waals surface area contributed by atoms with Crippen molar-refractivity contribution in [3.8, 4) is 0 Å². The lowest BCUT2D eigenvalue weighted by atomic mass is 10.0. The number of ether oxygens (including phenoxy) is 1. The first-order valence-electron chi connectivity index (χ1n) is 6.82. The number of aromatic nitrogens is 2. The van der Waals surface area contributed by atoms with Gasteiger partial charge in [0.15, 0.2) is 0 Å². The van der Waals surface area contributed by atoms with Gasteiger partial charge in [0.2, 0.25) is 11.7 Å². The first-order chi connectivity index (χ1) is 8.63. The van der Waals surface area contributed by atoms with Crippen LogP contribution < -0.4 is 5.32 Å². The molecule has 1 N–H and O–H groups in total. The van der Waals surface area contributed by atoms with Crippen LogP contribution in [0, 0.1) is 0 Å². The summed E-state index contributed by atoms with van der Waals surface area (Å²) in [7, 11) is 0. The first-order valence-corrected chi connectivity index (χ1v) is 6.82. The third kappa shape index (κ3) is 3.78. The number of rotatable bonds is 8. The van der Waals surface area contributed by atoms with Crippen molar-refractivity contribution >= 4 is 0 Å². The molecule has 1 aromatic rings. The van der Waals surface area contributed by atoms with Crippen molar-refractivity contribution in [2.75, 3.05) is 13.2 Å². The van der Waals surface area contributed by atoms with Crippen molar-refractivity contribution in [1.29, 1.82) is 0 Å². The highest BCUT2D eigenvalue weighted by atomic mass is 16.5. The van der Waals surface area contributed by atoms with E-state index >= 15 is 0 Å². The summed E-state index contributed by atoms with van der Waals surface area (Å²) in [6.45, 7) is 11.9. The highest BCUT2D eigenvalue weighted by Gasteiger charge is 2.23. The summed E-state index contributed by atoms with van der Waals surface area (Å²) in [5.74, 6) is 1.53. The fourth-order valence-electron chi connectivity index (χ4n) is 1.85. The number of nitrogens with one attached hydrogen (secondary N) is 1. The smallest absolute Gasteiger partial charge is 0.231 e. The second kappa shape index (κ2) is 7.48. The van der Waals surface area contributed by atoms with E-state index in [1.807, 2.05) is 6.92 Å². The monoisotopic (exact) mass is 255 g/mol. The molecule has 0 aliphatic carbocycles. The molecule has 1 heterocycles. The summed E-state index contributed by atoms with van der Waals surface area (Å²) in [5, 5.41) is 7.39. The fraction of sp³-hybridized carbons (Fsp3) is 0.846. The molecular formula is C13H25N3O2. The SMILES string of the molecule is CCNC(C)C(C)c1nc(C(CC)OCC)no1. The van der Waals surface area contributed by atoms with Gasteiger partial charge in [-0.1, -0.05) is 25.9 Å². The van der Waals surface area contributed by atoms with Crippen LogP contribution in [0.4, 0.5) is 0 Å². The molecule has 0 aliphatic rings. The van der Waals surface area contributed by atoms with Crippen LogP contribution >= 0.6 is 0 Å². The Kier molecular flexibility index (Phi) is 6.29. The van der Waals surface area contributed by atoms with Crippen LogP contribution in [0.25, 0.3) is 0 Å².